The van der Waals surface area contributed by atoms with Crippen molar-refractivity contribution < 1.29 is 27.9 Å². The number of hydrogen-bond donors (Lipinski definition) is 2. The van der Waals surface area contributed by atoms with Gasteiger partial charge in [-0.15, -0.1) is 0 Å². The van der Waals surface area contributed by atoms with E-state index in [9.17, 15) is 23.2 Å². The number of primary amides is 1. The van der Waals surface area contributed by atoms with Gasteiger partial charge >= 0.3 is 6.09 Å². The van der Waals surface area contributed by atoms with Gasteiger partial charge in [-0.3, -0.25) is 14.5 Å². The number of amides is 3. The molecule has 1 atom stereocenters. The van der Waals surface area contributed by atoms with Crippen LogP contribution in [-0.4, -0.2) is 55.9 Å². The van der Waals surface area contributed by atoms with Gasteiger partial charge in [0.25, 0.3) is 0 Å². The summed E-state index contributed by atoms with van der Waals surface area (Å²) in [7, 11) is 0. The van der Waals surface area contributed by atoms with E-state index in [4.69, 9.17) is 10.5 Å². The fraction of sp³-hybridized carbons (Fsp3) is 0.526. The van der Waals surface area contributed by atoms with E-state index >= 15 is 0 Å². The number of nitrogens with two attached hydrogens (primary N) is 1. The van der Waals surface area contributed by atoms with E-state index in [1.165, 1.54) is 17.9 Å². The van der Waals surface area contributed by atoms with Crippen molar-refractivity contribution in [3.63, 3.8) is 0 Å². The highest BCUT2D eigenvalue weighted by Gasteiger charge is 2.37. The van der Waals surface area contributed by atoms with Gasteiger partial charge in [0, 0.05) is 20.0 Å². The molecule has 158 valence electrons. The summed E-state index contributed by atoms with van der Waals surface area (Å²) < 4.78 is 34.5. The number of ether oxygens (including phenoxy) is 1. The van der Waals surface area contributed by atoms with Gasteiger partial charge < -0.3 is 20.7 Å². The van der Waals surface area contributed by atoms with Crippen LogP contribution in [0.15, 0.2) is 18.2 Å². The van der Waals surface area contributed by atoms with Crippen molar-refractivity contribution in [2.75, 3.05) is 36.0 Å². The van der Waals surface area contributed by atoms with Crippen LogP contribution in [0.4, 0.5) is 25.0 Å². The third kappa shape index (κ3) is 4.93. The predicted molar refractivity (Wildman–Crippen MR) is 102 cm³/mol. The summed E-state index contributed by atoms with van der Waals surface area (Å²) in [6, 6.07) is 4.37. The van der Waals surface area contributed by atoms with Gasteiger partial charge in [0.15, 0.2) is 0 Å². The molecule has 2 aliphatic heterocycles. The van der Waals surface area contributed by atoms with Crippen molar-refractivity contribution >= 4 is 29.3 Å². The molecule has 2 fully saturated rings. The monoisotopic (exact) mass is 410 g/mol. The van der Waals surface area contributed by atoms with Crippen LogP contribution in [-0.2, 0) is 14.3 Å². The molecule has 3 rings (SSSR count). The molecule has 10 heteroatoms. The standard InChI is InChI=1S/C19H24F2N4O4/c1-12(26)23-10-14-11-25(18(28)29-14)13-2-3-16(15(20)8-13)24-6-4-19(21,5-7-24)9-17(22)27/h2-3,8,14H,4-7,9-11H2,1H3,(H2,22,27)(H,23,26)/t14-/m0/s1. The summed E-state index contributed by atoms with van der Waals surface area (Å²) in [5.74, 6) is -1.46. The number of hydrogen-bond acceptors (Lipinski definition) is 5. The first-order chi connectivity index (χ1) is 13.7. The number of nitrogens with zero attached hydrogens (tertiary/aromatic N) is 2. The van der Waals surface area contributed by atoms with Crippen LogP contribution in [0.3, 0.4) is 0 Å². The Kier molecular flexibility index (Phi) is 5.90. The Bertz CT molecular complexity index is 811. The van der Waals surface area contributed by atoms with E-state index < -0.39 is 29.6 Å². The lowest BCUT2D eigenvalue weighted by Crippen LogP contribution is -2.44. The molecule has 0 radical (unpaired) electrons. The molecule has 0 unspecified atom stereocenters. The maximum Gasteiger partial charge on any atom is 0.414 e. The lowest BCUT2D eigenvalue weighted by Gasteiger charge is -2.37. The quantitative estimate of drug-likeness (QED) is 0.739. The summed E-state index contributed by atoms with van der Waals surface area (Å²) in [4.78, 5) is 37.1. The Hall–Kier alpha value is -2.91. The third-order valence-electron chi connectivity index (χ3n) is 5.19. The molecular weight excluding hydrogens is 386 g/mol. The molecule has 29 heavy (non-hydrogen) atoms. The Balaban J connectivity index is 1.64. The largest absolute Gasteiger partial charge is 0.442 e. The van der Waals surface area contributed by atoms with Crippen LogP contribution < -0.4 is 20.9 Å². The molecule has 0 aliphatic carbocycles. The number of anilines is 2. The number of carbonyl (C=O) groups excluding carboxylic acids is 3. The zero-order chi connectivity index (χ0) is 21.2. The van der Waals surface area contributed by atoms with Crippen LogP contribution in [0.5, 0.6) is 0 Å². The van der Waals surface area contributed by atoms with Crippen LogP contribution in [0, 0.1) is 5.82 Å². The Labute approximate surface area is 167 Å². The number of piperidine rings is 1. The van der Waals surface area contributed by atoms with Crippen LogP contribution >= 0.6 is 0 Å². The van der Waals surface area contributed by atoms with Crippen molar-refractivity contribution in [1.29, 1.82) is 0 Å². The van der Waals surface area contributed by atoms with Crippen LogP contribution in [0.2, 0.25) is 0 Å². The highest BCUT2D eigenvalue weighted by atomic mass is 19.1. The van der Waals surface area contributed by atoms with Crippen LogP contribution in [0.25, 0.3) is 0 Å². The minimum Gasteiger partial charge on any atom is -0.442 e. The van der Waals surface area contributed by atoms with E-state index in [1.807, 2.05) is 0 Å². The summed E-state index contributed by atoms with van der Waals surface area (Å²) in [5.41, 5.74) is 4.09. The molecular formula is C19H24F2N4O4. The normalized spacial score (nSPS) is 21.1. The molecule has 0 spiro atoms. The number of nitrogens with one attached hydrogen (secondary N) is 1. The van der Waals surface area contributed by atoms with Gasteiger partial charge in [-0.25, -0.2) is 13.6 Å². The number of alkyl halides is 1. The maximum absolute atomic E-state index is 14.7. The van der Waals surface area contributed by atoms with E-state index in [2.05, 4.69) is 5.32 Å². The topological polar surface area (TPSA) is 105 Å². The maximum atomic E-state index is 14.7. The van der Waals surface area contributed by atoms with Gasteiger partial charge in [-0.2, -0.15) is 0 Å². The molecule has 2 heterocycles. The molecule has 0 aromatic heterocycles. The summed E-state index contributed by atoms with van der Waals surface area (Å²) in [6.45, 7) is 2.25. The molecule has 8 nitrogen and oxygen atoms in total. The second-order valence-electron chi connectivity index (χ2n) is 7.47. The minimum atomic E-state index is -1.65. The number of halogens is 2. The molecule has 2 aliphatic rings. The average molecular weight is 410 g/mol. The molecule has 3 amide bonds. The van der Waals surface area contributed by atoms with E-state index in [0.29, 0.717) is 11.4 Å². The average Bonchev–Trinajstić information content (AvgIpc) is 3.01. The third-order valence-corrected chi connectivity index (χ3v) is 5.19. The van der Waals surface area contributed by atoms with Crippen molar-refractivity contribution in [3.8, 4) is 0 Å². The van der Waals surface area contributed by atoms with Gasteiger partial charge in [0.1, 0.15) is 17.6 Å². The second-order valence-corrected chi connectivity index (χ2v) is 7.47. The summed E-state index contributed by atoms with van der Waals surface area (Å²) in [6.07, 6.45) is -1.29. The Morgan fingerprint density at radius 3 is 2.62 bits per heavy atom. The van der Waals surface area contributed by atoms with Gasteiger partial charge in [0.05, 0.1) is 30.9 Å². The van der Waals surface area contributed by atoms with Crippen molar-refractivity contribution in [2.45, 2.75) is 38.0 Å². The number of carbonyl (C=O) groups is 3. The SMILES string of the molecule is CC(=O)NC[C@H]1CN(c2ccc(N3CCC(F)(CC(N)=O)CC3)c(F)c2)C(=O)O1. The number of cyclic esters (lactones) is 1. The van der Waals surface area contributed by atoms with Crippen molar-refractivity contribution in [3.05, 3.63) is 24.0 Å². The lowest BCUT2D eigenvalue weighted by molar-refractivity contribution is -0.121. The smallest absolute Gasteiger partial charge is 0.414 e. The van der Waals surface area contributed by atoms with Gasteiger partial charge in [-0.1, -0.05) is 0 Å². The van der Waals surface area contributed by atoms with Gasteiger partial charge in [-0.05, 0) is 31.0 Å². The molecule has 0 saturated carbocycles. The Morgan fingerprint density at radius 2 is 2.03 bits per heavy atom. The molecule has 1 aromatic carbocycles. The zero-order valence-corrected chi connectivity index (χ0v) is 16.1. The predicted octanol–water partition coefficient (Wildman–Crippen LogP) is 1.47. The molecule has 3 N–H and O–H groups in total. The molecule has 2 saturated heterocycles. The molecule has 0 bridgehead atoms. The minimum absolute atomic E-state index is 0.0837. The lowest BCUT2D eigenvalue weighted by atomic mass is 9.89. The van der Waals surface area contributed by atoms with Crippen molar-refractivity contribution in [2.24, 2.45) is 5.73 Å². The first kappa shape index (κ1) is 20.8. The fourth-order valence-electron chi connectivity index (χ4n) is 3.65. The Morgan fingerprint density at radius 1 is 1.34 bits per heavy atom. The van der Waals surface area contributed by atoms with E-state index in [1.54, 1.807) is 17.0 Å². The van der Waals surface area contributed by atoms with Crippen LogP contribution in [0.1, 0.15) is 26.2 Å². The number of rotatable bonds is 6. The highest BCUT2D eigenvalue weighted by molar-refractivity contribution is 5.90. The first-order valence-corrected chi connectivity index (χ1v) is 9.41. The summed E-state index contributed by atoms with van der Waals surface area (Å²) >= 11 is 0. The highest BCUT2D eigenvalue weighted by Crippen LogP contribution is 2.34. The van der Waals surface area contributed by atoms with E-state index in [-0.39, 0.29) is 51.3 Å². The second kappa shape index (κ2) is 8.22. The fourth-order valence-corrected chi connectivity index (χ4v) is 3.65. The van der Waals surface area contributed by atoms with Crippen molar-refractivity contribution in [1.82, 2.24) is 5.32 Å². The van der Waals surface area contributed by atoms with Gasteiger partial charge in [0.2, 0.25) is 11.8 Å². The molecule has 1 aromatic rings. The number of benzene rings is 1. The first-order valence-electron chi connectivity index (χ1n) is 9.41. The zero-order valence-electron chi connectivity index (χ0n) is 16.1. The van der Waals surface area contributed by atoms with E-state index in [0.717, 1.165) is 0 Å². The summed E-state index contributed by atoms with van der Waals surface area (Å²) in [5, 5.41) is 2.58.